The number of rotatable bonds is 3. The summed E-state index contributed by atoms with van der Waals surface area (Å²) in [5.41, 5.74) is 1.35. The number of aliphatic hydroxyl groups excluding tert-OH is 1. The van der Waals surface area contributed by atoms with E-state index in [-0.39, 0.29) is 12.2 Å². The van der Waals surface area contributed by atoms with E-state index in [1.54, 1.807) is 0 Å². The van der Waals surface area contributed by atoms with Crippen LogP contribution in [0.3, 0.4) is 0 Å². The molecule has 0 bridgehead atoms. The summed E-state index contributed by atoms with van der Waals surface area (Å²) in [5.74, 6) is 0. The first-order valence-electron chi connectivity index (χ1n) is 5.68. The Bertz CT molecular complexity index is 284. The van der Waals surface area contributed by atoms with E-state index in [2.05, 4.69) is 24.3 Å². The van der Waals surface area contributed by atoms with Crippen LogP contribution in [-0.2, 0) is 11.2 Å². The normalized spacial score (nSPS) is 26.5. The second-order valence-corrected chi connectivity index (χ2v) is 4.20. The molecule has 0 spiro atoms. The highest BCUT2D eigenvalue weighted by Crippen LogP contribution is 2.18. The lowest BCUT2D eigenvalue weighted by Gasteiger charge is -2.26. The molecule has 1 aliphatic heterocycles. The number of benzene rings is 1. The average molecular weight is 206 g/mol. The lowest BCUT2D eigenvalue weighted by molar-refractivity contribution is -0.0459. The topological polar surface area (TPSA) is 29.5 Å². The Morgan fingerprint density at radius 1 is 1.27 bits per heavy atom. The van der Waals surface area contributed by atoms with E-state index in [4.69, 9.17) is 4.74 Å². The molecule has 2 unspecified atom stereocenters. The van der Waals surface area contributed by atoms with Gasteiger partial charge in [-0.2, -0.15) is 0 Å². The highest BCUT2D eigenvalue weighted by Gasteiger charge is 2.20. The molecular formula is C13H18O2. The quantitative estimate of drug-likeness (QED) is 0.821. The predicted octanol–water partition coefficient (Wildman–Crippen LogP) is 2.16. The molecule has 1 saturated heterocycles. The molecule has 0 aliphatic carbocycles. The third-order valence-electron chi connectivity index (χ3n) is 2.94. The Balaban J connectivity index is 1.78. The van der Waals surface area contributed by atoms with Crippen LogP contribution >= 0.6 is 0 Å². The van der Waals surface area contributed by atoms with Crippen molar-refractivity contribution < 1.29 is 9.84 Å². The summed E-state index contributed by atoms with van der Waals surface area (Å²) >= 11 is 0. The van der Waals surface area contributed by atoms with E-state index in [0.717, 1.165) is 25.7 Å². The zero-order valence-corrected chi connectivity index (χ0v) is 8.93. The van der Waals surface area contributed by atoms with Gasteiger partial charge < -0.3 is 9.84 Å². The van der Waals surface area contributed by atoms with Gasteiger partial charge in [0.2, 0.25) is 0 Å². The van der Waals surface area contributed by atoms with Gasteiger partial charge in [0.15, 0.2) is 0 Å². The van der Waals surface area contributed by atoms with Crippen LogP contribution in [0.1, 0.15) is 24.8 Å². The van der Waals surface area contributed by atoms with Crippen molar-refractivity contribution in [1.82, 2.24) is 0 Å². The summed E-state index contributed by atoms with van der Waals surface area (Å²) < 4.78 is 5.61. The third-order valence-corrected chi connectivity index (χ3v) is 2.94. The van der Waals surface area contributed by atoms with E-state index in [1.807, 2.05) is 6.07 Å². The molecule has 15 heavy (non-hydrogen) atoms. The fourth-order valence-electron chi connectivity index (χ4n) is 2.03. The van der Waals surface area contributed by atoms with Crippen molar-refractivity contribution in [2.45, 2.75) is 37.9 Å². The maximum absolute atomic E-state index is 9.50. The van der Waals surface area contributed by atoms with Crippen molar-refractivity contribution in [3.8, 4) is 0 Å². The summed E-state index contributed by atoms with van der Waals surface area (Å²) in [6.45, 7) is 0.709. The minimum Gasteiger partial charge on any atom is -0.393 e. The minimum atomic E-state index is -0.153. The number of ether oxygens (including phenoxy) is 1. The van der Waals surface area contributed by atoms with Crippen molar-refractivity contribution in [3.05, 3.63) is 35.9 Å². The first kappa shape index (κ1) is 10.7. The van der Waals surface area contributed by atoms with Gasteiger partial charge in [0.25, 0.3) is 0 Å². The van der Waals surface area contributed by atoms with Crippen LogP contribution in [0, 0.1) is 0 Å². The maximum Gasteiger partial charge on any atom is 0.0603 e. The molecule has 0 radical (unpaired) electrons. The van der Waals surface area contributed by atoms with E-state index < -0.39 is 0 Å². The van der Waals surface area contributed by atoms with Crippen molar-refractivity contribution in [1.29, 1.82) is 0 Å². The van der Waals surface area contributed by atoms with Gasteiger partial charge in [-0.05, 0) is 31.2 Å². The van der Waals surface area contributed by atoms with Crippen LogP contribution in [-0.4, -0.2) is 23.9 Å². The molecule has 1 N–H and O–H groups in total. The Morgan fingerprint density at radius 2 is 2.07 bits per heavy atom. The molecule has 1 heterocycles. The molecule has 0 aromatic heterocycles. The Hall–Kier alpha value is -0.860. The van der Waals surface area contributed by atoms with Gasteiger partial charge in [-0.3, -0.25) is 0 Å². The van der Waals surface area contributed by atoms with Gasteiger partial charge >= 0.3 is 0 Å². The molecule has 2 atom stereocenters. The monoisotopic (exact) mass is 206 g/mol. The summed E-state index contributed by atoms with van der Waals surface area (Å²) in [6, 6.07) is 10.4. The molecule has 1 aromatic carbocycles. The van der Waals surface area contributed by atoms with E-state index >= 15 is 0 Å². The number of hydrogen-bond acceptors (Lipinski definition) is 2. The van der Waals surface area contributed by atoms with Crippen LogP contribution in [0.15, 0.2) is 30.3 Å². The average Bonchev–Trinajstić information content (AvgIpc) is 2.28. The summed E-state index contributed by atoms with van der Waals surface area (Å²) in [6.07, 6.45) is 3.74. The minimum absolute atomic E-state index is 0.153. The molecule has 0 saturated carbocycles. The molecule has 2 rings (SSSR count). The van der Waals surface area contributed by atoms with Gasteiger partial charge in [0.1, 0.15) is 0 Å². The highest BCUT2D eigenvalue weighted by atomic mass is 16.5. The molecule has 2 nitrogen and oxygen atoms in total. The molecule has 1 aromatic rings. The van der Waals surface area contributed by atoms with Gasteiger partial charge in [0.05, 0.1) is 12.2 Å². The van der Waals surface area contributed by atoms with Crippen molar-refractivity contribution in [3.63, 3.8) is 0 Å². The van der Waals surface area contributed by atoms with E-state index in [1.165, 1.54) is 5.56 Å². The first-order chi connectivity index (χ1) is 7.34. The lowest BCUT2D eigenvalue weighted by Crippen LogP contribution is -2.29. The van der Waals surface area contributed by atoms with Crippen molar-refractivity contribution in [2.24, 2.45) is 0 Å². The Labute approximate surface area is 90.9 Å². The molecule has 82 valence electrons. The SMILES string of the molecule is OC1CCOC(CCc2ccccc2)C1. The van der Waals surface area contributed by atoms with Crippen LogP contribution in [0.5, 0.6) is 0 Å². The van der Waals surface area contributed by atoms with Gasteiger partial charge in [-0.25, -0.2) is 0 Å². The predicted molar refractivity (Wildman–Crippen MR) is 59.7 cm³/mol. The summed E-state index contributed by atoms with van der Waals surface area (Å²) in [5, 5.41) is 9.50. The fraction of sp³-hybridized carbons (Fsp3) is 0.538. The van der Waals surface area contributed by atoms with E-state index in [0.29, 0.717) is 6.61 Å². The second kappa shape index (κ2) is 5.29. The van der Waals surface area contributed by atoms with Crippen molar-refractivity contribution >= 4 is 0 Å². The molecule has 0 amide bonds. The molecular weight excluding hydrogens is 188 g/mol. The van der Waals surface area contributed by atoms with Crippen molar-refractivity contribution in [2.75, 3.05) is 6.61 Å². The molecule has 1 fully saturated rings. The molecule has 1 aliphatic rings. The standard InChI is InChI=1S/C13H18O2/c14-12-8-9-15-13(10-12)7-6-11-4-2-1-3-5-11/h1-5,12-14H,6-10H2. The zero-order valence-electron chi connectivity index (χ0n) is 8.93. The van der Waals surface area contributed by atoms with Crippen LogP contribution in [0.25, 0.3) is 0 Å². The first-order valence-corrected chi connectivity index (χ1v) is 5.68. The van der Waals surface area contributed by atoms with Crippen LogP contribution in [0.4, 0.5) is 0 Å². The summed E-state index contributed by atoms with van der Waals surface area (Å²) in [4.78, 5) is 0. The number of aryl methyl sites for hydroxylation is 1. The molecule has 2 heteroatoms. The lowest BCUT2D eigenvalue weighted by atomic mass is 10.00. The van der Waals surface area contributed by atoms with Gasteiger partial charge in [-0.15, -0.1) is 0 Å². The largest absolute Gasteiger partial charge is 0.393 e. The van der Waals surface area contributed by atoms with Crippen LogP contribution < -0.4 is 0 Å². The van der Waals surface area contributed by atoms with Crippen LogP contribution in [0.2, 0.25) is 0 Å². The Kier molecular flexibility index (Phi) is 3.75. The zero-order chi connectivity index (χ0) is 10.5. The number of hydrogen-bond donors (Lipinski definition) is 1. The fourth-order valence-corrected chi connectivity index (χ4v) is 2.03. The third kappa shape index (κ3) is 3.33. The van der Waals surface area contributed by atoms with E-state index in [9.17, 15) is 5.11 Å². The number of aliphatic hydroxyl groups is 1. The van der Waals surface area contributed by atoms with Gasteiger partial charge in [-0.1, -0.05) is 30.3 Å². The second-order valence-electron chi connectivity index (χ2n) is 4.20. The Morgan fingerprint density at radius 3 is 2.80 bits per heavy atom. The van der Waals surface area contributed by atoms with Gasteiger partial charge in [0, 0.05) is 6.61 Å². The summed E-state index contributed by atoms with van der Waals surface area (Å²) in [7, 11) is 0. The maximum atomic E-state index is 9.50. The highest BCUT2D eigenvalue weighted by molar-refractivity contribution is 5.14. The smallest absolute Gasteiger partial charge is 0.0603 e.